The second-order valence-electron chi connectivity index (χ2n) is 8.04. The van der Waals surface area contributed by atoms with Crippen LogP contribution in [0.1, 0.15) is 24.2 Å². The Kier molecular flexibility index (Phi) is 7.08. The van der Waals surface area contributed by atoms with Gasteiger partial charge >= 0.3 is 5.97 Å². The van der Waals surface area contributed by atoms with Crippen LogP contribution >= 0.6 is 11.8 Å². The summed E-state index contributed by atoms with van der Waals surface area (Å²) < 4.78 is 38.4. The highest BCUT2D eigenvalue weighted by molar-refractivity contribution is 7.99. The molecule has 8 nitrogen and oxygen atoms in total. The molecule has 0 N–H and O–H groups in total. The Labute approximate surface area is 197 Å². The zero-order chi connectivity index (χ0) is 23.6. The van der Waals surface area contributed by atoms with Gasteiger partial charge in [-0.2, -0.15) is 4.31 Å². The van der Waals surface area contributed by atoms with E-state index in [2.05, 4.69) is 0 Å². The van der Waals surface area contributed by atoms with Crippen molar-refractivity contribution in [3.63, 3.8) is 0 Å². The van der Waals surface area contributed by atoms with Gasteiger partial charge in [-0.15, -0.1) is 11.8 Å². The van der Waals surface area contributed by atoms with Crippen LogP contribution in [0.5, 0.6) is 0 Å². The Morgan fingerprint density at radius 2 is 1.82 bits per heavy atom. The molecule has 33 heavy (non-hydrogen) atoms. The van der Waals surface area contributed by atoms with Crippen LogP contribution in [0.4, 0.5) is 5.69 Å². The quantitative estimate of drug-likeness (QED) is 0.595. The highest BCUT2D eigenvalue weighted by Gasteiger charge is 2.32. The molecule has 0 bridgehead atoms. The van der Waals surface area contributed by atoms with Crippen LogP contribution < -0.4 is 4.90 Å². The smallest absolute Gasteiger partial charge is 0.338 e. The van der Waals surface area contributed by atoms with Crippen molar-refractivity contribution < 1.29 is 27.5 Å². The first-order chi connectivity index (χ1) is 15.8. The number of nitrogens with zero attached hydrogens (tertiary/aromatic N) is 2. The monoisotopic (exact) mass is 490 g/mol. The maximum atomic E-state index is 13.1. The number of ether oxygens (including phenoxy) is 2. The molecule has 2 aliphatic heterocycles. The van der Waals surface area contributed by atoms with Gasteiger partial charge in [-0.25, -0.2) is 13.2 Å². The molecule has 1 amide bonds. The van der Waals surface area contributed by atoms with Crippen molar-refractivity contribution >= 4 is 39.3 Å². The van der Waals surface area contributed by atoms with Gasteiger partial charge in [-0.3, -0.25) is 4.79 Å². The number of esters is 1. The van der Waals surface area contributed by atoms with Crippen LogP contribution in [0.3, 0.4) is 0 Å². The number of fused-ring (bicyclic) bond motifs is 1. The molecule has 2 atom stereocenters. The Morgan fingerprint density at radius 3 is 2.58 bits per heavy atom. The molecule has 10 heteroatoms. The van der Waals surface area contributed by atoms with E-state index in [4.69, 9.17) is 9.47 Å². The van der Waals surface area contributed by atoms with Gasteiger partial charge in [-0.1, -0.05) is 18.2 Å². The van der Waals surface area contributed by atoms with E-state index in [1.54, 1.807) is 16.7 Å². The number of para-hydroxylation sites is 1. The fourth-order valence-corrected chi connectivity index (χ4v) is 6.61. The lowest BCUT2D eigenvalue weighted by Crippen LogP contribution is -2.48. The number of rotatable bonds is 5. The summed E-state index contributed by atoms with van der Waals surface area (Å²) >= 11 is 1.68. The average molecular weight is 491 g/mol. The molecule has 0 saturated carbocycles. The Hall–Kier alpha value is -2.40. The van der Waals surface area contributed by atoms with Crippen molar-refractivity contribution in [3.8, 4) is 0 Å². The minimum Gasteiger partial charge on any atom is -0.452 e. The fourth-order valence-electron chi connectivity index (χ4n) is 3.98. The van der Waals surface area contributed by atoms with E-state index in [1.807, 2.05) is 38.1 Å². The van der Waals surface area contributed by atoms with Gasteiger partial charge < -0.3 is 14.4 Å². The number of hydrogen-bond acceptors (Lipinski definition) is 7. The molecule has 2 aromatic rings. The first kappa shape index (κ1) is 23.7. The number of morpholine rings is 1. The molecule has 0 aromatic heterocycles. The number of thioether (sulfide) groups is 1. The number of hydrogen-bond donors (Lipinski definition) is 0. The highest BCUT2D eigenvalue weighted by Crippen LogP contribution is 2.34. The van der Waals surface area contributed by atoms with Gasteiger partial charge in [0.1, 0.15) is 0 Å². The predicted molar refractivity (Wildman–Crippen MR) is 125 cm³/mol. The summed E-state index contributed by atoms with van der Waals surface area (Å²) in [6.07, 6.45) is -0.443. The van der Waals surface area contributed by atoms with Crippen LogP contribution in [0.15, 0.2) is 58.3 Å². The molecule has 0 radical (unpaired) electrons. The molecular weight excluding hydrogens is 464 g/mol. The van der Waals surface area contributed by atoms with Crippen molar-refractivity contribution in [3.05, 3.63) is 54.1 Å². The standard InChI is InChI=1S/C23H26N2O6S2/c1-16-13-24(14-17(2)31-16)33(28,29)19-7-5-6-18(12-19)23(27)30-15-22(26)25-10-11-32-21-9-4-3-8-20(21)25/h3-9,12,16-17H,10-11,13-15H2,1-2H3. The van der Waals surface area contributed by atoms with E-state index in [9.17, 15) is 18.0 Å². The molecule has 2 heterocycles. The third-order valence-corrected chi connectivity index (χ3v) is 8.32. The molecule has 0 aliphatic carbocycles. The van der Waals surface area contributed by atoms with Gasteiger partial charge in [0.25, 0.3) is 5.91 Å². The fraction of sp³-hybridized carbons (Fsp3) is 0.391. The summed E-state index contributed by atoms with van der Waals surface area (Å²) in [5.41, 5.74) is 0.879. The zero-order valence-corrected chi connectivity index (χ0v) is 20.1. The Bertz CT molecular complexity index is 1140. The van der Waals surface area contributed by atoms with E-state index in [-0.39, 0.29) is 41.7 Å². The largest absolute Gasteiger partial charge is 0.452 e. The predicted octanol–water partition coefficient (Wildman–Crippen LogP) is 2.78. The molecule has 176 valence electrons. The summed E-state index contributed by atoms with van der Waals surface area (Å²) in [6, 6.07) is 13.3. The van der Waals surface area contributed by atoms with Crippen LogP contribution in [-0.4, -0.2) is 68.8 Å². The number of benzene rings is 2. The topological polar surface area (TPSA) is 93.2 Å². The first-order valence-electron chi connectivity index (χ1n) is 10.7. The number of amides is 1. The summed E-state index contributed by atoms with van der Waals surface area (Å²) in [7, 11) is -3.80. The minimum absolute atomic E-state index is 0.00607. The van der Waals surface area contributed by atoms with Crippen LogP contribution in [0.2, 0.25) is 0 Å². The second-order valence-corrected chi connectivity index (χ2v) is 11.1. The first-order valence-corrected chi connectivity index (χ1v) is 13.1. The Morgan fingerprint density at radius 1 is 1.09 bits per heavy atom. The summed E-state index contributed by atoms with van der Waals surface area (Å²) in [5.74, 6) is -0.310. The zero-order valence-electron chi connectivity index (χ0n) is 18.5. The van der Waals surface area contributed by atoms with E-state index in [1.165, 1.54) is 28.6 Å². The molecule has 0 spiro atoms. The average Bonchev–Trinajstić information content (AvgIpc) is 2.81. The van der Waals surface area contributed by atoms with Crippen molar-refractivity contribution in [2.24, 2.45) is 0 Å². The SMILES string of the molecule is CC1CN(S(=O)(=O)c2cccc(C(=O)OCC(=O)N3CCSc4ccccc43)c2)CC(C)O1. The molecule has 1 saturated heterocycles. The van der Waals surface area contributed by atoms with E-state index in [0.717, 1.165) is 16.3 Å². The number of sulfonamides is 1. The number of carbonyl (C=O) groups excluding carboxylic acids is 2. The maximum Gasteiger partial charge on any atom is 0.338 e. The summed E-state index contributed by atoms with van der Waals surface area (Å²) in [6.45, 7) is 4.23. The van der Waals surface area contributed by atoms with Gasteiger partial charge in [0.05, 0.1) is 28.4 Å². The van der Waals surface area contributed by atoms with Crippen LogP contribution in [-0.2, 0) is 24.3 Å². The third kappa shape index (κ3) is 5.24. The highest BCUT2D eigenvalue weighted by atomic mass is 32.2. The normalized spacial score (nSPS) is 21.3. The van der Waals surface area contributed by atoms with Gasteiger partial charge in [-0.05, 0) is 44.2 Å². The molecule has 2 unspecified atom stereocenters. The third-order valence-electron chi connectivity index (χ3n) is 5.45. The van der Waals surface area contributed by atoms with Crippen molar-refractivity contribution in [2.75, 3.05) is 36.9 Å². The van der Waals surface area contributed by atoms with E-state index < -0.39 is 22.6 Å². The van der Waals surface area contributed by atoms with Crippen LogP contribution in [0, 0.1) is 0 Å². The van der Waals surface area contributed by atoms with E-state index in [0.29, 0.717) is 6.54 Å². The van der Waals surface area contributed by atoms with Crippen molar-refractivity contribution in [2.45, 2.75) is 35.8 Å². The number of anilines is 1. The summed E-state index contributed by atoms with van der Waals surface area (Å²) in [4.78, 5) is 28.0. The lowest BCUT2D eigenvalue weighted by atomic mass is 10.2. The molecular formula is C23H26N2O6S2. The van der Waals surface area contributed by atoms with Crippen molar-refractivity contribution in [1.29, 1.82) is 0 Å². The lowest BCUT2D eigenvalue weighted by Gasteiger charge is -2.34. The van der Waals surface area contributed by atoms with Gasteiger partial charge in [0, 0.05) is 30.3 Å². The minimum atomic E-state index is -3.80. The second kappa shape index (κ2) is 9.84. The van der Waals surface area contributed by atoms with E-state index >= 15 is 0 Å². The summed E-state index contributed by atoms with van der Waals surface area (Å²) in [5, 5.41) is 0. The Balaban J connectivity index is 1.44. The molecule has 1 fully saturated rings. The van der Waals surface area contributed by atoms with Crippen molar-refractivity contribution in [1.82, 2.24) is 4.31 Å². The van der Waals surface area contributed by atoms with Gasteiger partial charge in [0.15, 0.2) is 6.61 Å². The maximum absolute atomic E-state index is 13.1. The molecule has 2 aliphatic rings. The molecule has 2 aromatic carbocycles. The molecule has 4 rings (SSSR count). The number of carbonyl (C=O) groups is 2. The van der Waals surface area contributed by atoms with Gasteiger partial charge in [0.2, 0.25) is 10.0 Å². The van der Waals surface area contributed by atoms with Crippen LogP contribution in [0.25, 0.3) is 0 Å². The lowest BCUT2D eigenvalue weighted by molar-refractivity contribution is -0.121.